The fraction of sp³-hybridized carbons (Fsp3) is 0.208. The number of fused-ring (bicyclic) bond motifs is 1. The summed E-state index contributed by atoms with van der Waals surface area (Å²) in [6.45, 7) is 0.391. The first-order valence-electron chi connectivity index (χ1n) is 10.1. The topological polar surface area (TPSA) is 80.3 Å². The van der Waals surface area contributed by atoms with Gasteiger partial charge in [-0.25, -0.2) is 0 Å². The molecule has 0 radical (unpaired) electrons. The van der Waals surface area contributed by atoms with E-state index in [0.29, 0.717) is 17.1 Å². The Labute approximate surface area is 185 Å². The van der Waals surface area contributed by atoms with Gasteiger partial charge in [-0.2, -0.15) is 0 Å². The second-order valence-electron chi connectivity index (χ2n) is 7.20. The van der Waals surface area contributed by atoms with Crippen molar-refractivity contribution in [2.75, 3.05) is 12.4 Å². The number of amides is 2. The molecule has 158 valence electrons. The average Bonchev–Trinajstić information content (AvgIpc) is 3.38. The number of carbonyl (C=O) groups is 2. The van der Waals surface area contributed by atoms with Crippen molar-refractivity contribution < 1.29 is 14.3 Å². The third kappa shape index (κ3) is 5.00. The Bertz CT molecular complexity index is 1110. The zero-order valence-electron chi connectivity index (χ0n) is 17.2. The number of carbonyl (C=O) groups excluding carboxylic acids is 2. The normalized spacial score (nSPS) is 12.5. The minimum Gasteiger partial charge on any atom is -0.497 e. The molecule has 0 unspecified atom stereocenters. The predicted molar refractivity (Wildman–Crippen MR) is 122 cm³/mol. The van der Waals surface area contributed by atoms with Crippen molar-refractivity contribution in [1.29, 1.82) is 0 Å². The summed E-state index contributed by atoms with van der Waals surface area (Å²) >= 11 is 1.50. The van der Waals surface area contributed by atoms with Crippen LogP contribution in [0.25, 0.3) is 6.08 Å². The van der Waals surface area contributed by atoms with Crippen LogP contribution in [0.1, 0.15) is 38.3 Å². The van der Waals surface area contributed by atoms with Gasteiger partial charge in [0.25, 0.3) is 5.91 Å². The Balaban J connectivity index is 1.47. The van der Waals surface area contributed by atoms with Crippen LogP contribution < -0.4 is 15.4 Å². The van der Waals surface area contributed by atoms with Gasteiger partial charge in [-0.1, -0.05) is 18.2 Å². The van der Waals surface area contributed by atoms with Crippen molar-refractivity contribution in [2.24, 2.45) is 0 Å². The number of nitrogens with one attached hydrogen (secondary N) is 2. The van der Waals surface area contributed by atoms with Crippen LogP contribution >= 0.6 is 11.3 Å². The molecular weight excluding hydrogens is 410 g/mol. The number of nitrogens with zero attached hydrogens (tertiary/aromatic N) is 1. The summed E-state index contributed by atoms with van der Waals surface area (Å²) in [5.41, 5.74) is 3.46. The fourth-order valence-corrected chi connectivity index (χ4v) is 4.84. The highest BCUT2D eigenvalue weighted by Gasteiger charge is 2.27. The number of methoxy groups -OCH3 is 1. The Morgan fingerprint density at radius 2 is 2.03 bits per heavy atom. The molecule has 3 aromatic rings. The van der Waals surface area contributed by atoms with Crippen LogP contribution in [0.5, 0.6) is 5.75 Å². The van der Waals surface area contributed by atoms with E-state index in [1.807, 2.05) is 36.4 Å². The average molecular weight is 434 g/mol. The highest BCUT2D eigenvalue weighted by molar-refractivity contribution is 7.17. The Morgan fingerprint density at radius 3 is 2.77 bits per heavy atom. The monoisotopic (exact) mass is 433 g/mol. The number of ether oxygens (including phenoxy) is 1. The molecule has 0 atom stereocenters. The van der Waals surface area contributed by atoms with Crippen molar-refractivity contribution in [3.05, 3.63) is 82.0 Å². The smallest absolute Gasteiger partial charge is 0.254 e. The minimum absolute atomic E-state index is 0.169. The number of aromatic nitrogens is 1. The molecule has 0 bridgehead atoms. The van der Waals surface area contributed by atoms with E-state index in [0.717, 1.165) is 41.7 Å². The lowest BCUT2D eigenvalue weighted by molar-refractivity contribution is -0.111. The Hall–Kier alpha value is -3.45. The third-order valence-corrected chi connectivity index (χ3v) is 6.31. The molecule has 7 heteroatoms. The number of rotatable bonds is 7. The van der Waals surface area contributed by atoms with Crippen LogP contribution in [0.2, 0.25) is 0 Å². The van der Waals surface area contributed by atoms with Gasteiger partial charge in [0.2, 0.25) is 5.91 Å². The molecule has 6 nitrogen and oxygen atoms in total. The van der Waals surface area contributed by atoms with Gasteiger partial charge in [-0.3, -0.25) is 14.6 Å². The molecule has 1 aliphatic rings. The summed E-state index contributed by atoms with van der Waals surface area (Å²) in [5.74, 6) is 0.325. The minimum atomic E-state index is -0.267. The maximum Gasteiger partial charge on any atom is 0.254 e. The van der Waals surface area contributed by atoms with Gasteiger partial charge in [0.15, 0.2) is 0 Å². The van der Waals surface area contributed by atoms with E-state index in [9.17, 15) is 9.59 Å². The highest BCUT2D eigenvalue weighted by atomic mass is 32.1. The van der Waals surface area contributed by atoms with Gasteiger partial charge in [-0.05, 0) is 60.2 Å². The quantitative estimate of drug-likeness (QED) is 0.547. The van der Waals surface area contributed by atoms with Crippen LogP contribution in [0, 0.1) is 0 Å². The van der Waals surface area contributed by atoms with Gasteiger partial charge in [0.1, 0.15) is 10.8 Å². The third-order valence-electron chi connectivity index (χ3n) is 5.10. The molecule has 1 aromatic carbocycles. The van der Waals surface area contributed by atoms with Crippen molar-refractivity contribution in [3.8, 4) is 5.75 Å². The lowest BCUT2D eigenvalue weighted by Gasteiger charge is -2.09. The second-order valence-corrected chi connectivity index (χ2v) is 8.31. The summed E-state index contributed by atoms with van der Waals surface area (Å²) in [6.07, 6.45) is 9.48. The molecule has 1 aliphatic carbocycles. The molecule has 0 fully saturated rings. The molecule has 0 aliphatic heterocycles. The molecule has 0 spiro atoms. The number of hydrogen-bond acceptors (Lipinski definition) is 5. The number of anilines is 1. The number of pyridine rings is 1. The van der Waals surface area contributed by atoms with Crippen molar-refractivity contribution >= 4 is 34.2 Å². The van der Waals surface area contributed by atoms with E-state index < -0.39 is 0 Å². The summed E-state index contributed by atoms with van der Waals surface area (Å²) in [7, 11) is 1.61. The van der Waals surface area contributed by atoms with Crippen molar-refractivity contribution in [1.82, 2.24) is 10.3 Å². The number of benzene rings is 1. The van der Waals surface area contributed by atoms with Crippen LogP contribution in [0.3, 0.4) is 0 Å². The Kier molecular flexibility index (Phi) is 6.43. The first-order valence-corrected chi connectivity index (χ1v) is 10.9. The summed E-state index contributed by atoms with van der Waals surface area (Å²) in [4.78, 5) is 30.8. The summed E-state index contributed by atoms with van der Waals surface area (Å²) in [6, 6.07) is 11.2. The molecule has 2 heterocycles. The largest absolute Gasteiger partial charge is 0.497 e. The second kappa shape index (κ2) is 9.57. The molecule has 0 saturated heterocycles. The molecule has 2 amide bonds. The molecule has 4 rings (SSSR count). The van der Waals surface area contributed by atoms with E-state index in [-0.39, 0.29) is 11.8 Å². The van der Waals surface area contributed by atoms with E-state index in [4.69, 9.17) is 4.74 Å². The lowest BCUT2D eigenvalue weighted by Crippen LogP contribution is -2.24. The van der Waals surface area contributed by atoms with Crippen LogP contribution in [0.15, 0.2) is 54.9 Å². The summed E-state index contributed by atoms with van der Waals surface area (Å²) < 4.78 is 5.14. The van der Waals surface area contributed by atoms with E-state index >= 15 is 0 Å². The van der Waals surface area contributed by atoms with Gasteiger partial charge in [-0.15, -0.1) is 11.3 Å². The van der Waals surface area contributed by atoms with Crippen molar-refractivity contribution in [2.45, 2.75) is 25.8 Å². The van der Waals surface area contributed by atoms with Gasteiger partial charge >= 0.3 is 0 Å². The van der Waals surface area contributed by atoms with Gasteiger partial charge in [0.05, 0.1) is 12.7 Å². The first kappa shape index (κ1) is 20.8. The summed E-state index contributed by atoms with van der Waals surface area (Å²) in [5, 5.41) is 6.48. The number of thiophene rings is 1. The van der Waals surface area contributed by atoms with E-state index in [1.54, 1.807) is 25.6 Å². The SMILES string of the molecule is COc1ccc(/C=C/C(=O)Nc2sc3c(c2C(=O)NCc2cccnc2)CCC3)cc1. The maximum absolute atomic E-state index is 13.0. The highest BCUT2D eigenvalue weighted by Crippen LogP contribution is 2.39. The molecule has 0 saturated carbocycles. The number of hydrogen-bond donors (Lipinski definition) is 2. The molecule has 31 heavy (non-hydrogen) atoms. The zero-order valence-corrected chi connectivity index (χ0v) is 18.0. The van der Waals surface area contributed by atoms with Gasteiger partial charge < -0.3 is 15.4 Å². The van der Waals surface area contributed by atoms with Crippen LogP contribution in [0.4, 0.5) is 5.00 Å². The molecule has 2 N–H and O–H groups in total. The Morgan fingerprint density at radius 1 is 1.19 bits per heavy atom. The lowest BCUT2D eigenvalue weighted by atomic mass is 10.1. The van der Waals surface area contributed by atoms with Crippen LogP contribution in [-0.4, -0.2) is 23.9 Å². The molecular formula is C24H23N3O3S. The zero-order chi connectivity index (χ0) is 21.6. The van der Waals surface area contributed by atoms with Crippen LogP contribution in [-0.2, 0) is 24.2 Å². The fourth-order valence-electron chi connectivity index (χ4n) is 3.55. The van der Waals surface area contributed by atoms with Crippen molar-refractivity contribution in [3.63, 3.8) is 0 Å². The predicted octanol–water partition coefficient (Wildman–Crippen LogP) is 4.22. The molecule has 2 aromatic heterocycles. The maximum atomic E-state index is 13.0. The van der Waals surface area contributed by atoms with E-state index in [2.05, 4.69) is 15.6 Å². The standard InChI is InChI=1S/C24H23N3O3S/c1-30-18-10-7-16(8-11-18)9-12-21(28)27-24-22(19-5-2-6-20(19)31-24)23(29)26-15-17-4-3-13-25-14-17/h3-4,7-14H,2,5-6,15H2,1H3,(H,26,29)(H,27,28)/b12-9+. The first-order chi connectivity index (χ1) is 15.1. The number of aryl methyl sites for hydroxylation is 1. The van der Waals surface area contributed by atoms with E-state index in [1.165, 1.54) is 22.3 Å². The van der Waals surface area contributed by atoms with Gasteiger partial charge in [0, 0.05) is 29.9 Å².